The molecule has 0 radical (unpaired) electrons. The van der Waals surface area contributed by atoms with E-state index in [-0.39, 0.29) is 0 Å². The maximum Gasteiger partial charge on any atom is 0.147 e. The van der Waals surface area contributed by atoms with Crippen molar-refractivity contribution < 1.29 is 0 Å². The van der Waals surface area contributed by atoms with Crippen LogP contribution in [0, 0.1) is 0 Å². The van der Waals surface area contributed by atoms with Gasteiger partial charge in [0.1, 0.15) is 24.3 Å². The summed E-state index contributed by atoms with van der Waals surface area (Å²) in [6, 6.07) is 7.14. The lowest BCUT2D eigenvalue weighted by Gasteiger charge is -2.36. The van der Waals surface area contributed by atoms with Gasteiger partial charge in [-0.3, -0.25) is 4.90 Å². The molecule has 8 nitrogen and oxygen atoms in total. The molecule has 3 aromatic rings. The van der Waals surface area contributed by atoms with E-state index >= 15 is 0 Å². The monoisotopic (exact) mass is 378 g/mol. The number of nitrogens with zero attached hydrogens (tertiary/aromatic N) is 8. The second-order valence-electron chi connectivity index (χ2n) is 7.94. The van der Waals surface area contributed by atoms with Gasteiger partial charge in [0.05, 0.1) is 12.1 Å². The van der Waals surface area contributed by atoms with Gasteiger partial charge in [-0.25, -0.2) is 9.97 Å². The summed E-state index contributed by atoms with van der Waals surface area (Å²) in [5.74, 6) is 2.07. The fraction of sp³-hybridized carbons (Fsp3) is 0.500. The summed E-state index contributed by atoms with van der Waals surface area (Å²) < 4.78 is 2.26. The number of hydrogen-bond donors (Lipinski definition) is 0. The molecule has 1 saturated heterocycles. The van der Waals surface area contributed by atoms with E-state index in [9.17, 15) is 0 Å². The minimum atomic E-state index is 0.636. The average molecular weight is 378 g/mol. The zero-order valence-corrected chi connectivity index (χ0v) is 16.5. The molecule has 0 unspecified atom stereocenters. The highest BCUT2D eigenvalue weighted by Crippen LogP contribution is 2.35. The Labute approximate surface area is 164 Å². The molecule has 0 amide bonds. The topological polar surface area (TPSA) is 66.2 Å². The first-order valence-electron chi connectivity index (χ1n) is 9.97. The van der Waals surface area contributed by atoms with Crippen LogP contribution in [0.4, 0.5) is 11.5 Å². The fourth-order valence-electron chi connectivity index (χ4n) is 3.99. The minimum Gasteiger partial charge on any atom is -0.369 e. The zero-order chi connectivity index (χ0) is 19.1. The summed E-state index contributed by atoms with van der Waals surface area (Å²) in [6.45, 7) is 4.96. The zero-order valence-electron chi connectivity index (χ0n) is 16.5. The third-order valence-corrected chi connectivity index (χ3v) is 5.71. The Morgan fingerprint density at radius 1 is 1.07 bits per heavy atom. The number of benzene rings is 1. The number of piperazine rings is 1. The number of anilines is 2. The molecule has 0 atom stereocenters. The van der Waals surface area contributed by atoms with E-state index < -0.39 is 0 Å². The molecule has 1 aliphatic carbocycles. The van der Waals surface area contributed by atoms with Gasteiger partial charge in [0.15, 0.2) is 0 Å². The first-order chi connectivity index (χ1) is 13.7. The first kappa shape index (κ1) is 17.4. The van der Waals surface area contributed by atoms with Gasteiger partial charge < -0.3 is 14.4 Å². The maximum absolute atomic E-state index is 4.45. The van der Waals surface area contributed by atoms with Crippen molar-refractivity contribution in [2.45, 2.75) is 25.4 Å². The van der Waals surface area contributed by atoms with Crippen LogP contribution in [-0.2, 0) is 6.54 Å². The van der Waals surface area contributed by atoms with E-state index in [4.69, 9.17) is 0 Å². The van der Waals surface area contributed by atoms with E-state index in [0.29, 0.717) is 6.04 Å². The lowest BCUT2D eigenvalue weighted by molar-refractivity contribution is 0.240. The Balaban J connectivity index is 1.28. The number of hydrogen-bond acceptors (Lipinski definition) is 7. The summed E-state index contributed by atoms with van der Waals surface area (Å²) in [6.07, 6.45) is 6.05. The Morgan fingerprint density at radius 2 is 1.89 bits per heavy atom. The lowest BCUT2D eigenvalue weighted by Crippen LogP contribution is -2.46. The Bertz CT molecular complexity index is 969. The molecule has 2 fully saturated rings. The third-order valence-electron chi connectivity index (χ3n) is 5.71. The van der Waals surface area contributed by atoms with Crippen LogP contribution >= 0.6 is 0 Å². The van der Waals surface area contributed by atoms with Crippen molar-refractivity contribution in [1.82, 2.24) is 29.6 Å². The van der Waals surface area contributed by atoms with E-state index in [0.717, 1.165) is 55.3 Å². The quantitative estimate of drug-likeness (QED) is 0.672. The maximum atomic E-state index is 4.45. The van der Waals surface area contributed by atoms with Crippen LogP contribution < -0.4 is 9.80 Å². The molecular formula is C20H26N8. The molecule has 0 N–H and O–H groups in total. The van der Waals surface area contributed by atoms with Gasteiger partial charge in [-0.05, 0) is 31.0 Å². The third kappa shape index (κ3) is 3.28. The normalized spacial score (nSPS) is 18.0. The SMILES string of the molecule is CN(C)c1ncnc2ccc(N3CCN(Cc4nncn4C4CC4)CC3)cc12. The van der Waals surface area contributed by atoms with Crippen LogP contribution in [0.25, 0.3) is 10.9 Å². The summed E-state index contributed by atoms with van der Waals surface area (Å²) >= 11 is 0. The van der Waals surface area contributed by atoms with Crippen molar-refractivity contribution in [3.05, 3.63) is 36.7 Å². The van der Waals surface area contributed by atoms with E-state index in [1.807, 2.05) is 25.3 Å². The number of aromatic nitrogens is 5. The van der Waals surface area contributed by atoms with Gasteiger partial charge in [-0.15, -0.1) is 10.2 Å². The molecule has 3 heterocycles. The molecule has 1 aromatic carbocycles. The predicted octanol–water partition coefficient (Wildman–Crippen LogP) is 1.94. The largest absolute Gasteiger partial charge is 0.369 e. The fourth-order valence-corrected chi connectivity index (χ4v) is 3.99. The molecule has 1 aliphatic heterocycles. The number of fused-ring (bicyclic) bond motifs is 1. The van der Waals surface area contributed by atoms with Crippen LogP contribution in [0.2, 0.25) is 0 Å². The average Bonchev–Trinajstić information content (AvgIpc) is 3.46. The van der Waals surface area contributed by atoms with Crippen LogP contribution in [0.5, 0.6) is 0 Å². The molecule has 28 heavy (non-hydrogen) atoms. The van der Waals surface area contributed by atoms with Gasteiger partial charge in [0.25, 0.3) is 0 Å². The predicted molar refractivity (Wildman–Crippen MR) is 110 cm³/mol. The number of rotatable bonds is 5. The Hall–Kier alpha value is -2.74. The second-order valence-corrected chi connectivity index (χ2v) is 7.94. The molecule has 2 aromatic heterocycles. The molecule has 1 saturated carbocycles. The minimum absolute atomic E-state index is 0.636. The summed E-state index contributed by atoms with van der Waals surface area (Å²) in [5, 5.41) is 9.57. The van der Waals surface area contributed by atoms with Gasteiger partial charge in [-0.2, -0.15) is 0 Å². The van der Waals surface area contributed by atoms with Crippen LogP contribution in [0.1, 0.15) is 24.7 Å². The lowest BCUT2D eigenvalue weighted by atomic mass is 10.1. The van der Waals surface area contributed by atoms with E-state index in [1.54, 1.807) is 6.33 Å². The highest BCUT2D eigenvalue weighted by atomic mass is 15.3. The summed E-state index contributed by atoms with van der Waals surface area (Å²) in [5.41, 5.74) is 2.23. The van der Waals surface area contributed by atoms with Crippen molar-refractivity contribution in [2.75, 3.05) is 50.1 Å². The van der Waals surface area contributed by atoms with Crippen molar-refractivity contribution in [3.63, 3.8) is 0 Å². The van der Waals surface area contributed by atoms with Gasteiger partial charge in [0, 0.05) is 57.4 Å². The van der Waals surface area contributed by atoms with Crippen LogP contribution in [0.15, 0.2) is 30.9 Å². The smallest absolute Gasteiger partial charge is 0.147 e. The van der Waals surface area contributed by atoms with Crippen molar-refractivity contribution in [1.29, 1.82) is 0 Å². The van der Waals surface area contributed by atoms with E-state index in [2.05, 4.69) is 52.7 Å². The van der Waals surface area contributed by atoms with Crippen molar-refractivity contribution in [3.8, 4) is 0 Å². The van der Waals surface area contributed by atoms with Gasteiger partial charge in [0.2, 0.25) is 0 Å². The highest BCUT2D eigenvalue weighted by molar-refractivity contribution is 5.91. The molecule has 0 spiro atoms. The van der Waals surface area contributed by atoms with Gasteiger partial charge >= 0.3 is 0 Å². The van der Waals surface area contributed by atoms with Crippen LogP contribution in [-0.4, -0.2) is 69.9 Å². The molecule has 0 bridgehead atoms. The van der Waals surface area contributed by atoms with Crippen molar-refractivity contribution >= 4 is 22.4 Å². The molecule has 2 aliphatic rings. The highest BCUT2D eigenvalue weighted by Gasteiger charge is 2.27. The molecule has 8 heteroatoms. The van der Waals surface area contributed by atoms with Crippen LogP contribution in [0.3, 0.4) is 0 Å². The first-order valence-corrected chi connectivity index (χ1v) is 9.97. The molecule has 146 valence electrons. The van der Waals surface area contributed by atoms with Crippen molar-refractivity contribution in [2.24, 2.45) is 0 Å². The standard InChI is InChI=1S/C20H26N8/c1-25(2)20-17-11-16(5-6-18(17)21-13-22-20)27-9-7-26(8-10-27)12-19-24-23-14-28(19)15-3-4-15/h5-6,11,13-15H,3-4,7-10,12H2,1-2H3. The Morgan fingerprint density at radius 3 is 2.64 bits per heavy atom. The Kier molecular flexibility index (Phi) is 4.35. The van der Waals surface area contributed by atoms with Gasteiger partial charge in [-0.1, -0.05) is 0 Å². The molecule has 5 rings (SSSR count). The summed E-state index contributed by atoms with van der Waals surface area (Å²) in [7, 11) is 4.04. The second kappa shape index (κ2) is 7.01. The van der Waals surface area contributed by atoms with E-state index in [1.165, 1.54) is 18.5 Å². The molecular weight excluding hydrogens is 352 g/mol. The summed E-state index contributed by atoms with van der Waals surface area (Å²) in [4.78, 5) is 15.8.